The molecule has 0 spiro atoms. The number of likely N-dealkylation sites (N-methyl/N-ethyl adjacent to an activating group) is 1. The minimum atomic E-state index is 0.0389. The van der Waals surface area contributed by atoms with Crippen molar-refractivity contribution in [3.8, 4) is 0 Å². The van der Waals surface area contributed by atoms with Crippen molar-refractivity contribution in [3.63, 3.8) is 0 Å². The van der Waals surface area contributed by atoms with E-state index >= 15 is 0 Å². The van der Waals surface area contributed by atoms with Crippen molar-refractivity contribution in [1.82, 2.24) is 20.0 Å². The van der Waals surface area contributed by atoms with Gasteiger partial charge in [0.05, 0.1) is 0 Å². The third-order valence-electron chi connectivity index (χ3n) is 5.91. The summed E-state index contributed by atoms with van der Waals surface area (Å²) < 4.78 is 0. The van der Waals surface area contributed by atoms with Gasteiger partial charge in [0.15, 0.2) is 5.96 Å². The van der Waals surface area contributed by atoms with E-state index in [1.54, 1.807) is 19.0 Å². The SMILES string of the molecule is CCNC(=NCC(=O)N(C)C)N1CCC2C(CCCN2Cc2ccccc2)C1. The van der Waals surface area contributed by atoms with Crippen molar-refractivity contribution in [2.75, 3.05) is 46.8 Å². The highest BCUT2D eigenvalue weighted by atomic mass is 16.2. The highest BCUT2D eigenvalue weighted by Crippen LogP contribution is 2.31. The summed E-state index contributed by atoms with van der Waals surface area (Å²) in [6.45, 7) is 7.37. The van der Waals surface area contributed by atoms with Crippen LogP contribution in [-0.2, 0) is 11.3 Å². The summed E-state index contributed by atoms with van der Waals surface area (Å²) in [5.74, 6) is 1.59. The number of aliphatic imine (C=N–C) groups is 1. The van der Waals surface area contributed by atoms with Gasteiger partial charge in [-0.3, -0.25) is 9.69 Å². The molecule has 2 saturated heterocycles. The molecule has 0 saturated carbocycles. The molecule has 6 heteroatoms. The van der Waals surface area contributed by atoms with Crippen LogP contribution in [0.1, 0.15) is 31.7 Å². The molecule has 1 N–H and O–H groups in total. The summed E-state index contributed by atoms with van der Waals surface area (Å²) in [7, 11) is 3.55. The molecule has 3 rings (SSSR count). The summed E-state index contributed by atoms with van der Waals surface area (Å²) in [6, 6.07) is 11.5. The Hall–Kier alpha value is -2.08. The summed E-state index contributed by atoms with van der Waals surface area (Å²) in [5.41, 5.74) is 1.41. The first-order valence-corrected chi connectivity index (χ1v) is 10.6. The van der Waals surface area contributed by atoms with E-state index < -0.39 is 0 Å². The van der Waals surface area contributed by atoms with Crippen molar-refractivity contribution in [3.05, 3.63) is 35.9 Å². The molecule has 2 unspecified atom stereocenters. The quantitative estimate of drug-likeness (QED) is 0.622. The fourth-order valence-corrected chi connectivity index (χ4v) is 4.42. The van der Waals surface area contributed by atoms with Crippen LogP contribution in [0.15, 0.2) is 35.3 Å². The van der Waals surface area contributed by atoms with Crippen LogP contribution < -0.4 is 5.32 Å². The van der Waals surface area contributed by atoms with Crippen molar-refractivity contribution >= 4 is 11.9 Å². The first-order valence-electron chi connectivity index (χ1n) is 10.6. The predicted molar refractivity (Wildman–Crippen MR) is 114 cm³/mol. The van der Waals surface area contributed by atoms with Crippen LogP contribution in [0.5, 0.6) is 0 Å². The molecule has 0 aromatic heterocycles. The van der Waals surface area contributed by atoms with Gasteiger partial charge in [-0.1, -0.05) is 30.3 Å². The highest BCUT2D eigenvalue weighted by Gasteiger charge is 2.36. The molecule has 1 amide bonds. The monoisotopic (exact) mass is 385 g/mol. The minimum Gasteiger partial charge on any atom is -0.357 e. The Morgan fingerprint density at radius 1 is 1.21 bits per heavy atom. The van der Waals surface area contributed by atoms with Gasteiger partial charge in [-0.15, -0.1) is 0 Å². The maximum Gasteiger partial charge on any atom is 0.243 e. The van der Waals surface area contributed by atoms with Crippen molar-refractivity contribution in [1.29, 1.82) is 0 Å². The largest absolute Gasteiger partial charge is 0.357 e. The Kier molecular flexibility index (Phi) is 7.31. The molecule has 6 nitrogen and oxygen atoms in total. The Labute approximate surface area is 169 Å². The van der Waals surface area contributed by atoms with Crippen LogP contribution in [0.2, 0.25) is 0 Å². The Balaban J connectivity index is 1.63. The van der Waals surface area contributed by atoms with Gasteiger partial charge >= 0.3 is 0 Å². The van der Waals surface area contributed by atoms with E-state index in [0.717, 1.165) is 38.6 Å². The van der Waals surface area contributed by atoms with Gasteiger partial charge in [0.25, 0.3) is 0 Å². The number of hydrogen-bond acceptors (Lipinski definition) is 3. The zero-order valence-electron chi connectivity index (χ0n) is 17.6. The number of piperidine rings is 2. The molecule has 2 aliphatic rings. The lowest BCUT2D eigenvalue weighted by molar-refractivity contribution is -0.127. The molecule has 2 aliphatic heterocycles. The molecule has 2 fully saturated rings. The van der Waals surface area contributed by atoms with E-state index in [2.05, 4.69) is 57.4 Å². The number of rotatable bonds is 5. The molecular weight excluding hydrogens is 350 g/mol. The normalized spacial score (nSPS) is 23.2. The van der Waals surface area contributed by atoms with E-state index in [4.69, 9.17) is 0 Å². The number of carbonyl (C=O) groups is 1. The van der Waals surface area contributed by atoms with Gasteiger partial charge in [-0.25, -0.2) is 4.99 Å². The second kappa shape index (κ2) is 9.92. The molecule has 154 valence electrons. The number of fused-ring (bicyclic) bond motifs is 1. The van der Waals surface area contributed by atoms with Crippen molar-refractivity contribution < 1.29 is 4.79 Å². The molecular formula is C22H35N5O. The Bertz CT molecular complexity index is 660. The van der Waals surface area contributed by atoms with Crippen LogP contribution in [0, 0.1) is 5.92 Å². The number of benzene rings is 1. The van der Waals surface area contributed by atoms with E-state index in [1.807, 2.05) is 0 Å². The molecule has 0 radical (unpaired) electrons. The summed E-state index contributed by atoms with van der Waals surface area (Å²) in [4.78, 5) is 23.2. The van der Waals surface area contributed by atoms with Gasteiger partial charge in [0.1, 0.15) is 6.54 Å². The van der Waals surface area contributed by atoms with Crippen LogP contribution in [-0.4, -0.2) is 79.4 Å². The van der Waals surface area contributed by atoms with Crippen LogP contribution in [0.4, 0.5) is 0 Å². The lowest BCUT2D eigenvalue weighted by Gasteiger charge is -2.48. The number of amides is 1. The maximum absolute atomic E-state index is 11.9. The molecule has 1 aromatic rings. The lowest BCUT2D eigenvalue weighted by Crippen LogP contribution is -2.56. The van der Waals surface area contributed by atoms with E-state index in [9.17, 15) is 4.79 Å². The van der Waals surface area contributed by atoms with E-state index in [1.165, 1.54) is 24.9 Å². The molecule has 2 heterocycles. The summed E-state index contributed by atoms with van der Waals surface area (Å²) in [5, 5.41) is 3.38. The average Bonchev–Trinajstić information content (AvgIpc) is 2.71. The summed E-state index contributed by atoms with van der Waals surface area (Å²) >= 11 is 0. The predicted octanol–water partition coefficient (Wildman–Crippen LogP) is 2.03. The molecule has 2 atom stereocenters. The second-order valence-corrected chi connectivity index (χ2v) is 8.12. The topological polar surface area (TPSA) is 51.2 Å². The standard InChI is InChI=1S/C22H35N5O/c1-4-23-22(24-15-21(28)25(2)3)27-14-12-20-19(17-27)11-8-13-26(20)16-18-9-6-5-7-10-18/h5-7,9-10,19-20H,4,8,11-17H2,1-3H3,(H,23,24). The van der Waals surface area contributed by atoms with E-state index in [0.29, 0.717) is 12.0 Å². The molecule has 0 aliphatic carbocycles. The van der Waals surface area contributed by atoms with Crippen molar-refractivity contribution in [2.24, 2.45) is 10.9 Å². The highest BCUT2D eigenvalue weighted by molar-refractivity contribution is 5.84. The van der Waals surface area contributed by atoms with Gasteiger partial charge in [0, 0.05) is 46.3 Å². The van der Waals surface area contributed by atoms with Crippen LogP contribution in [0.3, 0.4) is 0 Å². The average molecular weight is 386 g/mol. The number of carbonyl (C=O) groups excluding carboxylic acids is 1. The fraction of sp³-hybridized carbons (Fsp3) is 0.636. The lowest BCUT2D eigenvalue weighted by atomic mass is 9.83. The number of nitrogens with zero attached hydrogens (tertiary/aromatic N) is 4. The van der Waals surface area contributed by atoms with E-state index in [-0.39, 0.29) is 12.5 Å². The van der Waals surface area contributed by atoms with Gasteiger partial charge in [-0.05, 0) is 44.2 Å². The van der Waals surface area contributed by atoms with Crippen LogP contribution >= 0.6 is 0 Å². The van der Waals surface area contributed by atoms with Crippen molar-refractivity contribution in [2.45, 2.75) is 38.8 Å². The van der Waals surface area contributed by atoms with Gasteiger partial charge in [0.2, 0.25) is 5.91 Å². The third kappa shape index (κ3) is 5.25. The third-order valence-corrected chi connectivity index (χ3v) is 5.91. The maximum atomic E-state index is 11.9. The smallest absolute Gasteiger partial charge is 0.243 e. The number of nitrogens with one attached hydrogen (secondary N) is 1. The van der Waals surface area contributed by atoms with Crippen LogP contribution in [0.25, 0.3) is 0 Å². The van der Waals surface area contributed by atoms with Gasteiger partial charge in [-0.2, -0.15) is 0 Å². The Morgan fingerprint density at radius 3 is 2.71 bits per heavy atom. The number of likely N-dealkylation sites (tertiary alicyclic amines) is 2. The first kappa shape index (κ1) is 20.6. The Morgan fingerprint density at radius 2 is 2.00 bits per heavy atom. The molecule has 28 heavy (non-hydrogen) atoms. The first-order chi connectivity index (χ1) is 13.6. The zero-order chi connectivity index (χ0) is 19.9. The summed E-state index contributed by atoms with van der Waals surface area (Å²) in [6.07, 6.45) is 3.70. The zero-order valence-corrected chi connectivity index (χ0v) is 17.6. The number of hydrogen-bond donors (Lipinski definition) is 1. The number of guanidine groups is 1. The molecule has 1 aromatic carbocycles. The minimum absolute atomic E-state index is 0.0389. The van der Waals surface area contributed by atoms with Gasteiger partial charge < -0.3 is 15.1 Å². The molecule has 0 bridgehead atoms. The fourth-order valence-electron chi connectivity index (χ4n) is 4.42. The second-order valence-electron chi connectivity index (χ2n) is 8.12.